The first-order valence-electron chi connectivity index (χ1n) is 5.62. The molecular weight excluding hydrogens is 258 g/mol. The van der Waals surface area contributed by atoms with Crippen molar-refractivity contribution in [2.75, 3.05) is 47.4 Å². The quantitative estimate of drug-likeness (QED) is 0.687. The van der Waals surface area contributed by atoms with Crippen molar-refractivity contribution in [2.45, 2.75) is 6.92 Å². The Bertz CT molecular complexity index is 262. The van der Waals surface area contributed by atoms with Gasteiger partial charge in [-0.05, 0) is 0 Å². The molecule has 0 aliphatic rings. The first kappa shape index (κ1) is 19.5. The van der Waals surface area contributed by atoms with Crippen LogP contribution >= 0.6 is 12.4 Å². The van der Waals surface area contributed by atoms with Gasteiger partial charge in [0.15, 0.2) is 0 Å². The smallest absolute Gasteiger partial charge is 0.241 e. The molecule has 18 heavy (non-hydrogen) atoms. The lowest BCUT2D eigenvalue weighted by atomic mass is 10.1. The summed E-state index contributed by atoms with van der Waals surface area (Å²) in [5.74, 6) is -0.500. The van der Waals surface area contributed by atoms with Gasteiger partial charge in [-0.3, -0.25) is 9.59 Å². The minimum absolute atomic E-state index is 0. The fraction of sp³-hybridized carbons (Fsp3) is 0.818. The highest BCUT2D eigenvalue weighted by molar-refractivity contribution is 5.86. The Morgan fingerprint density at radius 2 is 1.89 bits per heavy atom. The predicted molar refractivity (Wildman–Crippen MR) is 72.6 cm³/mol. The van der Waals surface area contributed by atoms with Gasteiger partial charge in [0.25, 0.3) is 0 Å². The average molecular weight is 282 g/mol. The molecule has 0 fully saturated rings. The zero-order chi connectivity index (χ0) is 13.4. The monoisotopic (exact) mass is 281 g/mol. The number of carbonyl (C=O) groups excluding carboxylic acids is 2. The second-order valence-electron chi connectivity index (χ2n) is 4.18. The lowest BCUT2D eigenvalue weighted by Gasteiger charge is -2.25. The van der Waals surface area contributed by atoms with E-state index < -0.39 is 0 Å². The fourth-order valence-corrected chi connectivity index (χ4v) is 1.19. The van der Waals surface area contributed by atoms with E-state index in [1.54, 1.807) is 28.1 Å². The van der Waals surface area contributed by atoms with Crippen molar-refractivity contribution in [3.8, 4) is 0 Å². The van der Waals surface area contributed by atoms with E-state index in [0.717, 1.165) is 0 Å². The van der Waals surface area contributed by atoms with Crippen LogP contribution in [-0.4, -0.2) is 69.1 Å². The number of nitrogens with zero attached hydrogens (tertiary/aromatic N) is 2. The number of ether oxygens (including phenoxy) is 1. The van der Waals surface area contributed by atoms with Crippen molar-refractivity contribution in [1.82, 2.24) is 9.80 Å². The molecule has 0 saturated heterocycles. The average Bonchev–Trinajstić information content (AvgIpc) is 2.31. The normalized spacial score (nSPS) is 11.4. The third kappa shape index (κ3) is 6.78. The lowest BCUT2D eigenvalue weighted by molar-refractivity contribution is -0.141. The summed E-state index contributed by atoms with van der Waals surface area (Å²) in [7, 11) is 4.88. The molecule has 108 valence electrons. The molecule has 1 atom stereocenters. The molecule has 0 aromatic heterocycles. The number of methoxy groups -OCH3 is 1. The van der Waals surface area contributed by atoms with Crippen LogP contribution in [-0.2, 0) is 14.3 Å². The Morgan fingerprint density at radius 1 is 1.33 bits per heavy atom. The number of carbonyl (C=O) groups is 2. The summed E-state index contributed by atoms with van der Waals surface area (Å²) in [5.41, 5.74) is 5.46. The molecule has 0 bridgehead atoms. The van der Waals surface area contributed by atoms with E-state index in [-0.39, 0.29) is 43.2 Å². The minimum Gasteiger partial charge on any atom is -0.383 e. The Hall–Kier alpha value is -0.850. The van der Waals surface area contributed by atoms with E-state index >= 15 is 0 Å². The first-order chi connectivity index (χ1) is 7.93. The molecule has 0 spiro atoms. The molecule has 1 unspecified atom stereocenters. The molecule has 2 N–H and O–H groups in total. The molecule has 6 nitrogen and oxygen atoms in total. The van der Waals surface area contributed by atoms with Gasteiger partial charge in [-0.25, -0.2) is 0 Å². The second-order valence-corrected chi connectivity index (χ2v) is 4.18. The van der Waals surface area contributed by atoms with Crippen molar-refractivity contribution in [2.24, 2.45) is 11.7 Å². The molecule has 7 heteroatoms. The van der Waals surface area contributed by atoms with E-state index in [1.807, 2.05) is 0 Å². The molecule has 0 aromatic carbocycles. The third-order valence-corrected chi connectivity index (χ3v) is 2.48. The number of hydrogen-bond acceptors (Lipinski definition) is 4. The maximum atomic E-state index is 12.0. The Morgan fingerprint density at radius 3 is 2.28 bits per heavy atom. The fourth-order valence-electron chi connectivity index (χ4n) is 1.19. The van der Waals surface area contributed by atoms with Crippen LogP contribution in [0.1, 0.15) is 6.92 Å². The van der Waals surface area contributed by atoms with Crippen molar-refractivity contribution in [1.29, 1.82) is 0 Å². The maximum Gasteiger partial charge on any atom is 0.241 e. The highest BCUT2D eigenvalue weighted by Crippen LogP contribution is 2.02. The molecule has 0 aliphatic carbocycles. The molecule has 0 aliphatic heterocycles. The SMILES string of the molecule is COCCN(CC(=O)N(C)C)C(=O)C(C)CN.Cl. The summed E-state index contributed by atoms with van der Waals surface area (Å²) in [5, 5.41) is 0. The zero-order valence-electron chi connectivity index (χ0n) is 11.5. The van der Waals surface area contributed by atoms with Crippen LogP contribution < -0.4 is 5.73 Å². The summed E-state index contributed by atoms with van der Waals surface area (Å²) >= 11 is 0. The van der Waals surface area contributed by atoms with Crippen LogP contribution in [0.15, 0.2) is 0 Å². The summed E-state index contributed by atoms with van der Waals surface area (Å²) in [6, 6.07) is 0. The number of halogens is 1. The number of rotatable bonds is 7. The Kier molecular flexibility index (Phi) is 10.9. The van der Waals surface area contributed by atoms with Crippen LogP contribution in [0.25, 0.3) is 0 Å². The number of likely N-dealkylation sites (N-methyl/N-ethyl adjacent to an activating group) is 1. The van der Waals surface area contributed by atoms with Gasteiger partial charge in [0, 0.05) is 40.2 Å². The van der Waals surface area contributed by atoms with Gasteiger partial charge in [-0.2, -0.15) is 0 Å². The highest BCUT2D eigenvalue weighted by Gasteiger charge is 2.21. The van der Waals surface area contributed by atoms with Crippen LogP contribution in [0.2, 0.25) is 0 Å². The standard InChI is InChI=1S/C11H23N3O3.ClH/c1-9(7-12)11(16)14(5-6-17-4)8-10(15)13(2)3;/h9H,5-8,12H2,1-4H3;1H. The van der Waals surface area contributed by atoms with Gasteiger partial charge in [0.2, 0.25) is 11.8 Å². The van der Waals surface area contributed by atoms with Gasteiger partial charge >= 0.3 is 0 Å². The molecular formula is C11H24ClN3O3. The predicted octanol–water partition coefficient (Wildman–Crippen LogP) is -0.434. The van der Waals surface area contributed by atoms with Crippen molar-refractivity contribution in [3.63, 3.8) is 0 Å². The van der Waals surface area contributed by atoms with Crippen LogP contribution in [0.5, 0.6) is 0 Å². The van der Waals surface area contributed by atoms with Gasteiger partial charge in [0.1, 0.15) is 0 Å². The van der Waals surface area contributed by atoms with Crippen molar-refractivity contribution >= 4 is 24.2 Å². The topological polar surface area (TPSA) is 75.9 Å². The second kappa shape index (κ2) is 10.1. The molecule has 0 saturated carbocycles. The largest absolute Gasteiger partial charge is 0.383 e. The summed E-state index contributed by atoms with van der Waals surface area (Å²) in [4.78, 5) is 26.5. The molecule has 0 heterocycles. The minimum atomic E-state index is -0.276. The highest BCUT2D eigenvalue weighted by atomic mass is 35.5. The van der Waals surface area contributed by atoms with Crippen LogP contribution in [0.3, 0.4) is 0 Å². The van der Waals surface area contributed by atoms with E-state index in [2.05, 4.69) is 0 Å². The summed E-state index contributed by atoms with van der Waals surface area (Å²) in [6.45, 7) is 2.91. The van der Waals surface area contributed by atoms with E-state index in [9.17, 15) is 9.59 Å². The molecule has 2 amide bonds. The van der Waals surface area contributed by atoms with Crippen molar-refractivity contribution < 1.29 is 14.3 Å². The van der Waals surface area contributed by atoms with Crippen LogP contribution in [0, 0.1) is 5.92 Å². The Balaban J connectivity index is 0. The summed E-state index contributed by atoms with van der Waals surface area (Å²) < 4.78 is 4.93. The lowest BCUT2D eigenvalue weighted by Crippen LogP contribution is -2.45. The van der Waals surface area contributed by atoms with Crippen molar-refractivity contribution in [3.05, 3.63) is 0 Å². The molecule has 0 radical (unpaired) electrons. The number of nitrogens with two attached hydrogens (primary N) is 1. The van der Waals surface area contributed by atoms with E-state index in [1.165, 1.54) is 9.80 Å². The number of amides is 2. The zero-order valence-corrected chi connectivity index (χ0v) is 12.3. The Labute approximate surface area is 115 Å². The van der Waals surface area contributed by atoms with E-state index in [0.29, 0.717) is 13.2 Å². The number of hydrogen-bond donors (Lipinski definition) is 1. The first-order valence-corrected chi connectivity index (χ1v) is 5.62. The maximum absolute atomic E-state index is 12.0. The van der Waals surface area contributed by atoms with Gasteiger partial charge in [-0.1, -0.05) is 6.92 Å². The summed E-state index contributed by atoms with van der Waals surface area (Å²) in [6.07, 6.45) is 0. The van der Waals surface area contributed by atoms with Gasteiger partial charge < -0.3 is 20.3 Å². The van der Waals surface area contributed by atoms with Gasteiger partial charge in [-0.15, -0.1) is 12.4 Å². The molecule has 0 aromatic rings. The third-order valence-electron chi connectivity index (χ3n) is 2.48. The van der Waals surface area contributed by atoms with Gasteiger partial charge in [0.05, 0.1) is 13.2 Å². The molecule has 0 rings (SSSR count). The van der Waals surface area contributed by atoms with Crippen LogP contribution in [0.4, 0.5) is 0 Å². The van der Waals surface area contributed by atoms with E-state index in [4.69, 9.17) is 10.5 Å².